The summed E-state index contributed by atoms with van der Waals surface area (Å²) < 4.78 is 0. The molecule has 1 aromatic carbocycles. The molecule has 0 unspecified atom stereocenters. The number of aliphatic carboxylic acids is 1. The van der Waals surface area contributed by atoms with E-state index in [1.54, 1.807) is 13.1 Å². The fraction of sp³-hybridized carbons (Fsp3) is 0.250. The molecule has 0 spiro atoms. The lowest BCUT2D eigenvalue weighted by atomic mass is 10.1. The van der Waals surface area contributed by atoms with E-state index in [4.69, 9.17) is 10.4 Å². The van der Waals surface area contributed by atoms with E-state index < -0.39 is 12.0 Å². The SMILES string of the molecule is CC(=N[C@@H](Cc1ccccc1)C(=O)O)NC#N. The van der Waals surface area contributed by atoms with Gasteiger partial charge in [0.25, 0.3) is 0 Å². The van der Waals surface area contributed by atoms with Gasteiger partial charge in [-0.05, 0) is 12.5 Å². The molecule has 0 aromatic heterocycles. The van der Waals surface area contributed by atoms with E-state index in [9.17, 15) is 4.79 Å². The highest BCUT2D eigenvalue weighted by atomic mass is 16.4. The number of carbonyl (C=O) groups is 1. The zero-order valence-electron chi connectivity index (χ0n) is 9.42. The predicted octanol–water partition coefficient (Wildman–Crippen LogP) is 1.17. The number of nitrogens with one attached hydrogen (secondary N) is 1. The summed E-state index contributed by atoms with van der Waals surface area (Å²) in [4.78, 5) is 15.0. The Morgan fingerprint density at radius 2 is 2.18 bits per heavy atom. The minimum atomic E-state index is -1.01. The number of hydrogen-bond donors (Lipinski definition) is 2. The van der Waals surface area contributed by atoms with Gasteiger partial charge in [0.15, 0.2) is 12.2 Å². The summed E-state index contributed by atoms with van der Waals surface area (Å²) in [6, 6.07) is 8.37. The minimum Gasteiger partial charge on any atom is -0.480 e. The van der Waals surface area contributed by atoms with E-state index in [0.29, 0.717) is 12.3 Å². The molecule has 0 aliphatic carbocycles. The van der Waals surface area contributed by atoms with Crippen LogP contribution in [0.5, 0.6) is 0 Å². The number of amidine groups is 1. The standard InChI is InChI=1S/C12H13N3O2/c1-9(14-8-13)15-11(12(16)17)7-10-5-3-2-4-6-10/h2-6,11H,7H2,1H3,(H,14,15)(H,16,17)/t11-/m0/s1. The Bertz CT molecular complexity index is 449. The summed E-state index contributed by atoms with van der Waals surface area (Å²) in [6.45, 7) is 1.56. The van der Waals surface area contributed by atoms with Crippen molar-refractivity contribution in [3.05, 3.63) is 35.9 Å². The zero-order chi connectivity index (χ0) is 12.7. The van der Waals surface area contributed by atoms with Crippen molar-refractivity contribution in [1.29, 1.82) is 5.26 Å². The molecule has 0 aliphatic rings. The number of carboxylic acid groups (broad SMARTS) is 1. The summed E-state index contributed by atoms with van der Waals surface area (Å²) in [5, 5.41) is 19.7. The van der Waals surface area contributed by atoms with Crippen LogP contribution >= 0.6 is 0 Å². The number of carboxylic acids is 1. The maximum atomic E-state index is 11.0. The Morgan fingerprint density at radius 3 is 2.71 bits per heavy atom. The Kier molecular flexibility index (Phi) is 4.70. The molecule has 88 valence electrons. The van der Waals surface area contributed by atoms with Crippen molar-refractivity contribution >= 4 is 11.8 Å². The van der Waals surface area contributed by atoms with E-state index in [0.717, 1.165) is 5.56 Å². The maximum Gasteiger partial charge on any atom is 0.328 e. The van der Waals surface area contributed by atoms with Gasteiger partial charge in [0.1, 0.15) is 5.84 Å². The summed E-state index contributed by atoms with van der Waals surface area (Å²) >= 11 is 0. The molecular weight excluding hydrogens is 218 g/mol. The molecule has 0 bridgehead atoms. The lowest BCUT2D eigenvalue weighted by molar-refractivity contribution is -0.138. The van der Waals surface area contributed by atoms with Crippen LogP contribution in [-0.2, 0) is 11.2 Å². The van der Waals surface area contributed by atoms with E-state index in [-0.39, 0.29) is 0 Å². The lowest BCUT2D eigenvalue weighted by Gasteiger charge is -2.08. The molecule has 0 saturated heterocycles. The number of benzene rings is 1. The molecule has 1 aromatic rings. The van der Waals surface area contributed by atoms with Crippen LogP contribution < -0.4 is 5.32 Å². The average Bonchev–Trinajstić information content (AvgIpc) is 2.29. The van der Waals surface area contributed by atoms with Crippen molar-refractivity contribution in [3.63, 3.8) is 0 Å². The third-order valence-electron chi connectivity index (χ3n) is 2.14. The van der Waals surface area contributed by atoms with Crippen LogP contribution in [0, 0.1) is 11.5 Å². The van der Waals surface area contributed by atoms with Crippen molar-refractivity contribution in [2.24, 2.45) is 4.99 Å². The highest BCUT2D eigenvalue weighted by Crippen LogP contribution is 2.06. The highest BCUT2D eigenvalue weighted by Gasteiger charge is 2.16. The van der Waals surface area contributed by atoms with Crippen molar-refractivity contribution in [1.82, 2.24) is 5.32 Å². The van der Waals surface area contributed by atoms with Crippen LogP contribution in [-0.4, -0.2) is 23.0 Å². The number of hydrogen-bond acceptors (Lipinski definition) is 3. The second-order valence-corrected chi connectivity index (χ2v) is 3.50. The van der Waals surface area contributed by atoms with Gasteiger partial charge in [-0.3, -0.25) is 10.3 Å². The van der Waals surface area contributed by atoms with Crippen LogP contribution in [0.1, 0.15) is 12.5 Å². The molecule has 0 heterocycles. The van der Waals surface area contributed by atoms with Gasteiger partial charge in [-0.2, -0.15) is 5.26 Å². The smallest absolute Gasteiger partial charge is 0.328 e. The molecule has 0 amide bonds. The van der Waals surface area contributed by atoms with Crippen LogP contribution in [0.4, 0.5) is 0 Å². The van der Waals surface area contributed by atoms with E-state index in [2.05, 4.69) is 10.3 Å². The normalized spacial score (nSPS) is 12.6. The van der Waals surface area contributed by atoms with E-state index in [1.807, 2.05) is 30.3 Å². The number of rotatable bonds is 4. The van der Waals surface area contributed by atoms with Gasteiger partial charge in [0, 0.05) is 6.42 Å². The van der Waals surface area contributed by atoms with Gasteiger partial charge >= 0.3 is 5.97 Å². The first-order valence-corrected chi connectivity index (χ1v) is 5.09. The Labute approximate surface area is 99.4 Å². The first kappa shape index (κ1) is 12.7. The molecule has 1 rings (SSSR count). The fourth-order valence-corrected chi connectivity index (χ4v) is 1.37. The molecule has 5 heteroatoms. The maximum absolute atomic E-state index is 11.0. The average molecular weight is 231 g/mol. The third kappa shape index (κ3) is 4.34. The predicted molar refractivity (Wildman–Crippen MR) is 63.4 cm³/mol. The van der Waals surface area contributed by atoms with Crippen molar-refractivity contribution in [3.8, 4) is 6.19 Å². The van der Waals surface area contributed by atoms with Crippen molar-refractivity contribution in [2.75, 3.05) is 0 Å². The van der Waals surface area contributed by atoms with Crippen LogP contribution in [0.3, 0.4) is 0 Å². The summed E-state index contributed by atoms with van der Waals surface area (Å²) in [7, 11) is 0. The third-order valence-corrected chi connectivity index (χ3v) is 2.14. The molecule has 2 N–H and O–H groups in total. The fourth-order valence-electron chi connectivity index (χ4n) is 1.37. The van der Waals surface area contributed by atoms with Crippen LogP contribution in [0.2, 0.25) is 0 Å². The van der Waals surface area contributed by atoms with Gasteiger partial charge in [-0.25, -0.2) is 4.79 Å². The molecule has 17 heavy (non-hydrogen) atoms. The molecule has 0 aliphatic heterocycles. The monoisotopic (exact) mass is 231 g/mol. The molecule has 0 radical (unpaired) electrons. The molecule has 0 fully saturated rings. The lowest BCUT2D eigenvalue weighted by Crippen LogP contribution is -2.25. The van der Waals surface area contributed by atoms with E-state index >= 15 is 0 Å². The zero-order valence-corrected chi connectivity index (χ0v) is 9.42. The Balaban J connectivity index is 2.78. The summed E-state index contributed by atoms with van der Waals surface area (Å²) in [5.41, 5.74) is 0.897. The van der Waals surface area contributed by atoms with Gasteiger partial charge in [0.05, 0.1) is 0 Å². The first-order chi connectivity index (χ1) is 8.13. The second-order valence-electron chi connectivity index (χ2n) is 3.50. The van der Waals surface area contributed by atoms with Crippen molar-refractivity contribution < 1.29 is 9.90 Å². The van der Waals surface area contributed by atoms with E-state index in [1.165, 1.54) is 0 Å². The minimum absolute atomic E-state index is 0.302. The molecule has 1 atom stereocenters. The number of nitrogens with zero attached hydrogens (tertiary/aromatic N) is 2. The van der Waals surface area contributed by atoms with Crippen LogP contribution in [0.15, 0.2) is 35.3 Å². The van der Waals surface area contributed by atoms with Gasteiger partial charge in [0.2, 0.25) is 0 Å². The molecule has 0 saturated carbocycles. The van der Waals surface area contributed by atoms with Gasteiger partial charge in [-0.15, -0.1) is 0 Å². The van der Waals surface area contributed by atoms with Gasteiger partial charge < -0.3 is 5.11 Å². The Hall–Kier alpha value is -2.35. The summed E-state index contributed by atoms with van der Waals surface area (Å²) in [5.74, 6) is -0.705. The molecular formula is C12H13N3O2. The van der Waals surface area contributed by atoms with Crippen LogP contribution in [0.25, 0.3) is 0 Å². The second kappa shape index (κ2) is 6.28. The quantitative estimate of drug-likeness (QED) is 0.352. The largest absolute Gasteiger partial charge is 0.480 e. The Morgan fingerprint density at radius 1 is 1.53 bits per heavy atom. The topological polar surface area (TPSA) is 85.5 Å². The molecule has 5 nitrogen and oxygen atoms in total. The van der Waals surface area contributed by atoms with Crippen molar-refractivity contribution in [2.45, 2.75) is 19.4 Å². The number of nitriles is 1. The van der Waals surface area contributed by atoms with Gasteiger partial charge in [-0.1, -0.05) is 30.3 Å². The first-order valence-electron chi connectivity index (χ1n) is 5.09. The summed E-state index contributed by atoms with van der Waals surface area (Å²) in [6.07, 6.45) is 2.01. The number of aliphatic imine (C=N–C) groups is 1. The highest BCUT2D eigenvalue weighted by molar-refractivity contribution is 5.84.